The molecule has 180 valence electrons. The Morgan fingerprint density at radius 3 is 2.03 bits per heavy atom. The topological polar surface area (TPSA) is 228 Å². The Morgan fingerprint density at radius 2 is 1.53 bits per heavy atom. The van der Waals surface area contributed by atoms with Gasteiger partial charge in [-0.1, -0.05) is 13.8 Å². The summed E-state index contributed by atoms with van der Waals surface area (Å²) in [4.78, 5) is 73.1. The maximum atomic E-state index is 13.0. The standard InChI is InChI=1S/C19H32N6O7/c1-9(2)6-12(18(30)25-5-3-4-13(25)19(31)32)24-17(29)11(8-15(22)27)23-16(28)10(20)7-14(21)26/h9-13H,3-8,20H2,1-2H3,(H2,21,26)(H2,22,27)(H,23,28)(H,24,29)(H,31,32)/t10-,11-,12-,13-/m0/s1. The minimum atomic E-state index is -1.45. The van der Waals surface area contributed by atoms with E-state index in [-0.39, 0.29) is 18.9 Å². The molecule has 4 atom stereocenters. The minimum absolute atomic E-state index is 0.0386. The van der Waals surface area contributed by atoms with Gasteiger partial charge in [0.05, 0.1) is 18.9 Å². The summed E-state index contributed by atoms with van der Waals surface area (Å²) in [7, 11) is 0. The summed E-state index contributed by atoms with van der Waals surface area (Å²) >= 11 is 0. The van der Waals surface area contributed by atoms with E-state index in [9.17, 15) is 33.9 Å². The van der Waals surface area contributed by atoms with Crippen molar-refractivity contribution in [2.24, 2.45) is 23.1 Å². The zero-order chi connectivity index (χ0) is 24.6. The number of nitrogens with one attached hydrogen (secondary N) is 2. The summed E-state index contributed by atoms with van der Waals surface area (Å²) in [5.74, 6) is -5.23. The van der Waals surface area contributed by atoms with Gasteiger partial charge in [0.2, 0.25) is 29.5 Å². The monoisotopic (exact) mass is 456 g/mol. The van der Waals surface area contributed by atoms with Gasteiger partial charge in [0.1, 0.15) is 18.1 Å². The van der Waals surface area contributed by atoms with Crippen LogP contribution < -0.4 is 27.8 Å². The molecule has 0 radical (unpaired) electrons. The molecule has 9 N–H and O–H groups in total. The number of likely N-dealkylation sites (tertiary alicyclic amines) is 1. The van der Waals surface area contributed by atoms with Gasteiger partial charge in [-0.05, 0) is 25.2 Å². The highest BCUT2D eigenvalue weighted by molar-refractivity contribution is 5.97. The van der Waals surface area contributed by atoms with Crippen molar-refractivity contribution in [2.45, 2.75) is 70.1 Å². The van der Waals surface area contributed by atoms with Crippen molar-refractivity contribution >= 4 is 35.5 Å². The lowest BCUT2D eigenvalue weighted by Crippen LogP contribution is -2.58. The SMILES string of the molecule is CC(C)C[C@H](NC(=O)[C@H](CC(N)=O)NC(=O)[C@@H](N)CC(N)=O)C(=O)N1CCC[C@H]1C(=O)O. The van der Waals surface area contributed by atoms with Gasteiger partial charge in [0.15, 0.2) is 0 Å². The molecular weight excluding hydrogens is 424 g/mol. The third-order valence-electron chi connectivity index (χ3n) is 4.94. The molecular formula is C19H32N6O7. The van der Waals surface area contributed by atoms with Gasteiger partial charge >= 0.3 is 5.97 Å². The van der Waals surface area contributed by atoms with E-state index in [1.807, 2.05) is 13.8 Å². The summed E-state index contributed by atoms with van der Waals surface area (Å²) in [6.45, 7) is 3.87. The molecule has 1 aliphatic rings. The number of primary amides is 2. The van der Waals surface area contributed by atoms with E-state index in [4.69, 9.17) is 17.2 Å². The molecule has 0 aliphatic carbocycles. The van der Waals surface area contributed by atoms with Crippen molar-refractivity contribution < 1.29 is 33.9 Å². The summed E-state index contributed by atoms with van der Waals surface area (Å²) in [6, 6.07) is -4.85. The van der Waals surface area contributed by atoms with Crippen molar-refractivity contribution in [2.75, 3.05) is 6.54 Å². The van der Waals surface area contributed by atoms with Gasteiger partial charge in [-0.15, -0.1) is 0 Å². The molecule has 1 fully saturated rings. The second kappa shape index (κ2) is 12.0. The lowest BCUT2D eigenvalue weighted by molar-refractivity contribution is -0.149. The van der Waals surface area contributed by atoms with Crippen LogP contribution in [0.4, 0.5) is 0 Å². The van der Waals surface area contributed by atoms with E-state index >= 15 is 0 Å². The summed E-state index contributed by atoms with van der Waals surface area (Å²) in [6.07, 6.45) is -0.0296. The largest absolute Gasteiger partial charge is 0.480 e. The zero-order valence-corrected chi connectivity index (χ0v) is 18.2. The highest BCUT2D eigenvalue weighted by atomic mass is 16.4. The summed E-state index contributed by atoms with van der Waals surface area (Å²) < 4.78 is 0. The van der Waals surface area contributed by atoms with Crippen LogP contribution in [0.5, 0.6) is 0 Å². The number of carbonyl (C=O) groups is 6. The van der Waals surface area contributed by atoms with Gasteiger partial charge in [-0.25, -0.2) is 4.79 Å². The van der Waals surface area contributed by atoms with Crippen LogP contribution in [-0.4, -0.2) is 76.2 Å². The van der Waals surface area contributed by atoms with Gasteiger partial charge in [0, 0.05) is 6.54 Å². The molecule has 0 spiro atoms. The Hall–Kier alpha value is -3.22. The van der Waals surface area contributed by atoms with Crippen molar-refractivity contribution in [1.82, 2.24) is 15.5 Å². The molecule has 32 heavy (non-hydrogen) atoms. The molecule has 0 saturated carbocycles. The molecule has 0 unspecified atom stereocenters. The number of nitrogens with two attached hydrogens (primary N) is 3. The smallest absolute Gasteiger partial charge is 0.326 e. The number of carbonyl (C=O) groups excluding carboxylic acids is 5. The number of carboxylic acids is 1. The van der Waals surface area contributed by atoms with Crippen molar-refractivity contribution in [3.05, 3.63) is 0 Å². The number of rotatable bonds is 12. The van der Waals surface area contributed by atoms with Crippen LogP contribution in [0.15, 0.2) is 0 Å². The first-order chi connectivity index (χ1) is 14.8. The quantitative estimate of drug-likeness (QED) is 0.179. The average molecular weight is 457 g/mol. The van der Waals surface area contributed by atoms with Crippen LogP contribution in [0.3, 0.4) is 0 Å². The van der Waals surface area contributed by atoms with Crippen LogP contribution in [0.1, 0.15) is 46.0 Å². The van der Waals surface area contributed by atoms with Crippen molar-refractivity contribution in [3.63, 3.8) is 0 Å². The fourth-order valence-corrected chi connectivity index (χ4v) is 3.45. The fourth-order valence-electron chi connectivity index (χ4n) is 3.45. The lowest BCUT2D eigenvalue weighted by atomic mass is 10.0. The van der Waals surface area contributed by atoms with Gasteiger partial charge in [0.25, 0.3) is 0 Å². The molecule has 0 aromatic carbocycles. The predicted molar refractivity (Wildman–Crippen MR) is 111 cm³/mol. The van der Waals surface area contributed by atoms with Crippen LogP contribution in [-0.2, 0) is 28.8 Å². The highest BCUT2D eigenvalue weighted by Crippen LogP contribution is 2.20. The Bertz CT molecular complexity index is 756. The molecule has 1 heterocycles. The molecule has 0 aromatic heterocycles. The number of hydrogen-bond acceptors (Lipinski definition) is 7. The Morgan fingerprint density at radius 1 is 0.969 bits per heavy atom. The number of aliphatic carboxylic acids is 1. The molecule has 0 bridgehead atoms. The van der Waals surface area contributed by atoms with Gasteiger partial charge in [-0.3, -0.25) is 24.0 Å². The van der Waals surface area contributed by atoms with Crippen LogP contribution in [0.25, 0.3) is 0 Å². The van der Waals surface area contributed by atoms with E-state index in [0.29, 0.717) is 12.8 Å². The van der Waals surface area contributed by atoms with Crippen molar-refractivity contribution in [3.8, 4) is 0 Å². The normalized spacial score (nSPS) is 18.5. The van der Waals surface area contributed by atoms with E-state index in [1.165, 1.54) is 4.90 Å². The minimum Gasteiger partial charge on any atom is -0.480 e. The second-order valence-electron chi connectivity index (χ2n) is 8.23. The summed E-state index contributed by atoms with van der Waals surface area (Å²) in [5.41, 5.74) is 15.7. The van der Waals surface area contributed by atoms with E-state index < -0.39 is 72.5 Å². The average Bonchev–Trinajstić information content (AvgIpc) is 3.15. The Labute approximate surface area is 185 Å². The second-order valence-corrected chi connectivity index (χ2v) is 8.23. The molecule has 13 heteroatoms. The highest BCUT2D eigenvalue weighted by Gasteiger charge is 2.38. The zero-order valence-electron chi connectivity index (χ0n) is 18.2. The van der Waals surface area contributed by atoms with Gasteiger partial charge in [-0.2, -0.15) is 0 Å². The number of carboxylic acid groups (broad SMARTS) is 1. The first kappa shape index (κ1) is 26.8. The Balaban J connectivity index is 3.01. The first-order valence-electron chi connectivity index (χ1n) is 10.3. The van der Waals surface area contributed by atoms with E-state index in [2.05, 4.69) is 10.6 Å². The summed E-state index contributed by atoms with van der Waals surface area (Å²) in [5, 5.41) is 14.1. The third kappa shape index (κ3) is 8.13. The predicted octanol–water partition coefficient (Wildman–Crippen LogP) is -2.84. The maximum absolute atomic E-state index is 13.0. The van der Waals surface area contributed by atoms with Gasteiger partial charge < -0.3 is 37.8 Å². The van der Waals surface area contributed by atoms with Crippen LogP contribution in [0.2, 0.25) is 0 Å². The van der Waals surface area contributed by atoms with Crippen LogP contribution in [0, 0.1) is 5.92 Å². The van der Waals surface area contributed by atoms with Crippen LogP contribution >= 0.6 is 0 Å². The first-order valence-corrected chi connectivity index (χ1v) is 10.3. The number of amides is 5. The van der Waals surface area contributed by atoms with E-state index in [1.54, 1.807) is 0 Å². The molecule has 1 rings (SSSR count). The number of nitrogens with zero attached hydrogens (tertiary/aromatic N) is 1. The fraction of sp³-hybridized carbons (Fsp3) is 0.684. The molecule has 1 saturated heterocycles. The molecule has 0 aromatic rings. The molecule has 1 aliphatic heterocycles. The number of hydrogen-bond donors (Lipinski definition) is 6. The van der Waals surface area contributed by atoms with E-state index in [0.717, 1.165) is 0 Å². The molecule has 5 amide bonds. The van der Waals surface area contributed by atoms with Crippen molar-refractivity contribution in [1.29, 1.82) is 0 Å². The lowest BCUT2D eigenvalue weighted by Gasteiger charge is -2.29. The molecule has 13 nitrogen and oxygen atoms in total. The third-order valence-corrected chi connectivity index (χ3v) is 4.94. The maximum Gasteiger partial charge on any atom is 0.326 e. The Kier molecular flexibility index (Phi) is 10.0.